The van der Waals surface area contributed by atoms with Crippen LogP contribution in [-0.4, -0.2) is 4.92 Å². The summed E-state index contributed by atoms with van der Waals surface area (Å²) in [6, 6.07) is 9.09. The second-order valence-electron chi connectivity index (χ2n) is 7.88. The predicted molar refractivity (Wildman–Crippen MR) is 107 cm³/mol. The molecule has 0 amide bonds. The minimum atomic E-state index is -1.02. The Kier molecular flexibility index (Phi) is 6.76. The van der Waals surface area contributed by atoms with Crippen LogP contribution in [-0.2, 0) is 0 Å². The molecule has 1 fully saturated rings. The number of rotatable bonds is 7. The molecule has 0 aliphatic heterocycles. The van der Waals surface area contributed by atoms with Crippen molar-refractivity contribution in [1.82, 2.24) is 0 Å². The maximum Gasteiger partial charge on any atom is 0.307 e. The van der Waals surface area contributed by atoms with Crippen molar-refractivity contribution in [1.29, 1.82) is 0 Å². The molecule has 0 heterocycles. The van der Waals surface area contributed by atoms with Crippen LogP contribution in [0.5, 0.6) is 0 Å². The van der Waals surface area contributed by atoms with Crippen molar-refractivity contribution in [2.45, 2.75) is 64.2 Å². The summed E-state index contributed by atoms with van der Waals surface area (Å²) in [5, 5.41) is 10.7. The van der Waals surface area contributed by atoms with Crippen molar-refractivity contribution in [3.05, 3.63) is 63.7 Å². The standard InChI is InChI=1S/C23H27F2NO2/c1-2-3-4-5-16-6-8-17(9-7-16)18-10-12-19(13-11-18)20-14-22(25)23(26(27)28)15-21(20)24/h10-17H,2-9H2,1H3/t16-,17-. The Balaban J connectivity index is 1.66. The second kappa shape index (κ2) is 9.26. The minimum absolute atomic E-state index is 0.0503. The van der Waals surface area contributed by atoms with E-state index in [0.29, 0.717) is 17.5 Å². The molecule has 3 nitrogen and oxygen atoms in total. The van der Waals surface area contributed by atoms with Crippen LogP contribution in [0.1, 0.15) is 69.8 Å². The fourth-order valence-corrected chi connectivity index (χ4v) is 4.30. The normalized spacial score (nSPS) is 19.5. The molecule has 2 aromatic rings. The van der Waals surface area contributed by atoms with Gasteiger partial charge in [0.1, 0.15) is 5.82 Å². The number of nitrogens with zero attached hydrogens (tertiary/aromatic N) is 1. The second-order valence-corrected chi connectivity index (χ2v) is 7.88. The first-order valence-corrected chi connectivity index (χ1v) is 10.2. The summed E-state index contributed by atoms with van der Waals surface area (Å²) in [4.78, 5) is 9.82. The minimum Gasteiger partial charge on any atom is -0.258 e. The maximum atomic E-state index is 14.2. The number of hydrogen-bond donors (Lipinski definition) is 0. The molecule has 150 valence electrons. The van der Waals surface area contributed by atoms with Crippen LogP contribution in [0.25, 0.3) is 11.1 Å². The van der Waals surface area contributed by atoms with Crippen molar-refractivity contribution < 1.29 is 13.7 Å². The van der Waals surface area contributed by atoms with Gasteiger partial charge in [0.15, 0.2) is 0 Å². The molecule has 1 aliphatic carbocycles. The summed E-state index contributed by atoms with van der Waals surface area (Å²) in [6.07, 6.45) is 10.1. The fourth-order valence-electron chi connectivity index (χ4n) is 4.30. The van der Waals surface area contributed by atoms with Crippen LogP contribution in [0.3, 0.4) is 0 Å². The lowest BCUT2D eigenvalue weighted by molar-refractivity contribution is -0.387. The van der Waals surface area contributed by atoms with Gasteiger partial charge in [-0.1, -0.05) is 56.9 Å². The van der Waals surface area contributed by atoms with E-state index in [4.69, 9.17) is 0 Å². The Hall–Kier alpha value is -2.30. The van der Waals surface area contributed by atoms with Gasteiger partial charge in [-0.3, -0.25) is 10.1 Å². The van der Waals surface area contributed by atoms with E-state index < -0.39 is 22.2 Å². The van der Waals surface area contributed by atoms with Crippen molar-refractivity contribution >= 4 is 5.69 Å². The van der Waals surface area contributed by atoms with Crippen molar-refractivity contribution in [2.75, 3.05) is 0 Å². The van der Waals surface area contributed by atoms with Crippen LogP contribution in [0.15, 0.2) is 36.4 Å². The smallest absolute Gasteiger partial charge is 0.258 e. The Morgan fingerprint density at radius 1 is 1.00 bits per heavy atom. The van der Waals surface area contributed by atoms with Gasteiger partial charge in [-0.05, 0) is 54.7 Å². The van der Waals surface area contributed by atoms with Crippen LogP contribution >= 0.6 is 0 Å². The summed E-state index contributed by atoms with van der Waals surface area (Å²) in [7, 11) is 0. The molecule has 0 unspecified atom stereocenters. The van der Waals surface area contributed by atoms with Gasteiger partial charge in [-0.25, -0.2) is 4.39 Å². The molecule has 1 saturated carbocycles. The van der Waals surface area contributed by atoms with E-state index in [1.807, 2.05) is 12.1 Å². The lowest BCUT2D eigenvalue weighted by Crippen LogP contribution is -2.13. The quantitative estimate of drug-likeness (QED) is 0.282. The highest BCUT2D eigenvalue weighted by atomic mass is 19.1. The number of hydrogen-bond acceptors (Lipinski definition) is 2. The van der Waals surface area contributed by atoms with E-state index in [-0.39, 0.29) is 5.56 Å². The van der Waals surface area contributed by atoms with Crippen LogP contribution < -0.4 is 0 Å². The number of nitro benzene ring substituents is 1. The van der Waals surface area contributed by atoms with Crippen molar-refractivity contribution in [3.8, 4) is 11.1 Å². The summed E-state index contributed by atoms with van der Waals surface area (Å²) in [5.41, 5.74) is 0.977. The molecule has 28 heavy (non-hydrogen) atoms. The summed E-state index contributed by atoms with van der Waals surface area (Å²) in [6.45, 7) is 2.23. The molecule has 0 spiro atoms. The van der Waals surface area contributed by atoms with Gasteiger partial charge in [-0.15, -0.1) is 0 Å². The highest BCUT2D eigenvalue weighted by molar-refractivity contribution is 5.66. The third-order valence-electron chi connectivity index (χ3n) is 5.99. The van der Waals surface area contributed by atoms with E-state index in [2.05, 4.69) is 6.92 Å². The molecule has 2 aromatic carbocycles. The molecule has 0 N–H and O–H groups in total. The molecule has 0 radical (unpaired) electrons. The van der Waals surface area contributed by atoms with E-state index in [9.17, 15) is 18.9 Å². The lowest BCUT2D eigenvalue weighted by Gasteiger charge is -2.29. The largest absolute Gasteiger partial charge is 0.307 e. The molecule has 0 atom stereocenters. The average molecular weight is 387 g/mol. The van der Waals surface area contributed by atoms with Crippen molar-refractivity contribution in [3.63, 3.8) is 0 Å². The number of unbranched alkanes of at least 4 members (excludes halogenated alkanes) is 2. The van der Waals surface area contributed by atoms with Crippen LogP contribution in [0.4, 0.5) is 14.5 Å². The molecule has 1 aliphatic rings. The first-order chi connectivity index (χ1) is 13.5. The van der Waals surface area contributed by atoms with E-state index in [1.54, 1.807) is 12.1 Å². The molecular weight excluding hydrogens is 360 g/mol. The molecule has 0 saturated heterocycles. The monoisotopic (exact) mass is 387 g/mol. The molecule has 5 heteroatoms. The fraction of sp³-hybridized carbons (Fsp3) is 0.478. The van der Waals surface area contributed by atoms with Gasteiger partial charge >= 0.3 is 5.69 Å². The zero-order valence-electron chi connectivity index (χ0n) is 16.3. The number of benzene rings is 2. The Labute approximate surface area is 164 Å². The molecule has 3 rings (SSSR count). The van der Waals surface area contributed by atoms with Crippen LogP contribution in [0, 0.1) is 27.7 Å². The van der Waals surface area contributed by atoms with Gasteiger partial charge in [0.05, 0.1) is 11.0 Å². The number of nitro groups is 1. The van der Waals surface area contributed by atoms with Crippen LogP contribution in [0.2, 0.25) is 0 Å². The first-order valence-electron chi connectivity index (χ1n) is 10.2. The zero-order valence-corrected chi connectivity index (χ0v) is 16.3. The van der Waals surface area contributed by atoms with Gasteiger partial charge in [-0.2, -0.15) is 4.39 Å². The third kappa shape index (κ3) is 4.75. The topological polar surface area (TPSA) is 43.1 Å². The van der Waals surface area contributed by atoms with E-state index in [0.717, 1.165) is 12.0 Å². The molecular formula is C23H27F2NO2. The predicted octanol–water partition coefficient (Wildman–Crippen LogP) is 7.39. The summed E-state index contributed by atoms with van der Waals surface area (Å²) >= 11 is 0. The Bertz CT molecular complexity index is 812. The maximum absolute atomic E-state index is 14.2. The van der Waals surface area contributed by atoms with Gasteiger partial charge in [0.25, 0.3) is 0 Å². The first kappa shape index (κ1) is 20.4. The average Bonchev–Trinajstić information content (AvgIpc) is 2.70. The van der Waals surface area contributed by atoms with Gasteiger partial charge in [0.2, 0.25) is 5.82 Å². The molecule has 0 bridgehead atoms. The molecule has 0 aromatic heterocycles. The Morgan fingerprint density at radius 3 is 2.29 bits per heavy atom. The number of halogens is 2. The SMILES string of the molecule is CCCCC[C@H]1CC[C@H](c2ccc(-c3cc(F)c([N+](=O)[O-])cc3F)cc2)CC1. The van der Waals surface area contributed by atoms with E-state index in [1.165, 1.54) is 56.9 Å². The third-order valence-corrected chi connectivity index (χ3v) is 5.99. The lowest BCUT2D eigenvalue weighted by atomic mass is 9.77. The van der Waals surface area contributed by atoms with Gasteiger partial charge in [0, 0.05) is 5.56 Å². The highest BCUT2D eigenvalue weighted by Gasteiger charge is 2.23. The Morgan fingerprint density at radius 2 is 1.68 bits per heavy atom. The summed E-state index contributed by atoms with van der Waals surface area (Å²) in [5.74, 6) is -0.436. The van der Waals surface area contributed by atoms with Gasteiger partial charge < -0.3 is 0 Å². The van der Waals surface area contributed by atoms with Crippen molar-refractivity contribution in [2.24, 2.45) is 5.92 Å². The van der Waals surface area contributed by atoms with E-state index >= 15 is 0 Å². The highest BCUT2D eigenvalue weighted by Crippen LogP contribution is 2.38. The summed E-state index contributed by atoms with van der Waals surface area (Å²) < 4.78 is 28.1. The zero-order chi connectivity index (χ0) is 20.1.